The highest BCUT2D eigenvalue weighted by atomic mass is 19.4. The molecule has 0 aliphatic heterocycles. The number of pyridine rings is 1. The second-order valence-corrected chi connectivity index (χ2v) is 6.06. The van der Waals surface area contributed by atoms with E-state index in [1.165, 1.54) is 30.6 Å². The molecule has 0 aliphatic carbocycles. The third kappa shape index (κ3) is 5.05. The number of hydrogen-bond acceptors (Lipinski definition) is 3. The summed E-state index contributed by atoms with van der Waals surface area (Å²) in [5, 5.41) is 4.90. The highest BCUT2D eigenvalue weighted by molar-refractivity contribution is 6.06. The van der Waals surface area contributed by atoms with Crippen molar-refractivity contribution in [2.45, 2.75) is 20.0 Å². The first-order valence-electron chi connectivity index (χ1n) is 7.89. The van der Waals surface area contributed by atoms with E-state index < -0.39 is 23.6 Å². The second kappa shape index (κ2) is 7.99. The fourth-order valence-electron chi connectivity index (χ4n) is 2.12. The van der Waals surface area contributed by atoms with Gasteiger partial charge >= 0.3 is 6.18 Å². The largest absolute Gasteiger partial charge is 0.418 e. The Morgan fingerprint density at radius 2 is 1.69 bits per heavy atom. The Morgan fingerprint density at radius 1 is 1.08 bits per heavy atom. The summed E-state index contributed by atoms with van der Waals surface area (Å²) in [4.78, 5) is 28.1. The zero-order valence-electron chi connectivity index (χ0n) is 14.2. The van der Waals surface area contributed by atoms with Crippen LogP contribution in [0.3, 0.4) is 0 Å². The third-order valence-electron chi connectivity index (χ3n) is 3.41. The van der Waals surface area contributed by atoms with Gasteiger partial charge in [0.05, 0.1) is 22.4 Å². The smallest absolute Gasteiger partial charge is 0.352 e. The molecule has 0 fully saturated rings. The molecule has 0 atom stereocenters. The van der Waals surface area contributed by atoms with Gasteiger partial charge in [0.2, 0.25) is 0 Å². The fourth-order valence-corrected chi connectivity index (χ4v) is 2.12. The molecule has 2 N–H and O–H groups in total. The zero-order valence-corrected chi connectivity index (χ0v) is 14.2. The van der Waals surface area contributed by atoms with E-state index in [4.69, 9.17) is 0 Å². The van der Waals surface area contributed by atoms with Crippen LogP contribution in [0.25, 0.3) is 0 Å². The Hall–Kier alpha value is -2.90. The van der Waals surface area contributed by atoms with Crippen LogP contribution in [0.15, 0.2) is 42.7 Å². The molecule has 1 heterocycles. The van der Waals surface area contributed by atoms with Crippen molar-refractivity contribution in [2.75, 3.05) is 11.9 Å². The van der Waals surface area contributed by atoms with E-state index in [2.05, 4.69) is 15.6 Å². The van der Waals surface area contributed by atoms with Gasteiger partial charge in [-0.05, 0) is 24.1 Å². The van der Waals surface area contributed by atoms with Crippen LogP contribution in [0.4, 0.5) is 18.9 Å². The summed E-state index contributed by atoms with van der Waals surface area (Å²) in [6, 6.07) is 5.95. The first-order chi connectivity index (χ1) is 12.2. The van der Waals surface area contributed by atoms with Gasteiger partial charge in [0, 0.05) is 18.9 Å². The fraction of sp³-hybridized carbons (Fsp3) is 0.278. The van der Waals surface area contributed by atoms with E-state index in [-0.39, 0.29) is 22.7 Å². The molecule has 26 heavy (non-hydrogen) atoms. The van der Waals surface area contributed by atoms with Crippen molar-refractivity contribution in [3.05, 3.63) is 59.4 Å². The summed E-state index contributed by atoms with van der Waals surface area (Å²) in [6.07, 6.45) is -2.12. The van der Waals surface area contributed by atoms with Gasteiger partial charge in [0.1, 0.15) is 0 Å². The minimum absolute atomic E-state index is 0.0147. The van der Waals surface area contributed by atoms with Crippen molar-refractivity contribution in [2.24, 2.45) is 5.92 Å². The standard InChI is InChI=1S/C18H18F3N3O2/c1-11(2)8-23-16(25)12-7-13(10-22-9-12)17(26)24-15-6-4-3-5-14(15)18(19,20)21/h3-7,9-11H,8H2,1-2H3,(H,23,25)(H,24,26). The number of carbonyl (C=O) groups excluding carboxylic acids is 2. The Morgan fingerprint density at radius 3 is 2.31 bits per heavy atom. The highest BCUT2D eigenvalue weighted by Gasteiger charge is 2.33. The number of nitrogens with one attached hydrogen (secondary N) is 2. The van der Waals surface area contributed by atoms with Crippen molar-refractivity contribution in [3.8, 4) is 0 Å². The summed E-state index contributed by atoms with van der Waals surface area (Å²) in [6.45, 7) is 4.31. The van der Waals surface area contributed by atoms with E-state index in [1.54, 1.807) is 0 Å². The number of carbonyl (C=O) groups is 2. The maximum absolute atomic E-state index is 13.0. The number of rotatable bonds is 5. The average Bonchev–Trinajstić information content (AvgIpc) is 2.59. The van der Waals surface area contributed by atoms with Crippen LogP contribution in [-0.4, -0.2) is 23.3 Å². The average molecular weight is 365 g/mol. The Labute approximate surface area is 148 Å². The monoisotopic (exact) mass is 365 g/mol. The molecule has 1 aromatic heterocycles. The number of alkyl halides is 3. The molecule has 0 radical (unpaired) electrons. The molecule has 0 saturated heterocycles. The summed E-state index contributed by atoms with van der Waals surface area (Å²) >= 11 is 0. The van der Waals surface area contributed by atoms with E-state index >= 15 is 0 Å². The topological polar surface area (TPSA) is 71.1 Å². The van der Waals surface area contributed by atoms with Crippen LogP contribution < -0.4 is 10.6 Å². The molecule has 0 unspecified atom stereocenters. The van der Waals surface area contributed by atoms with Gasteiger partial charge in [0.15, 0.2) is 0 Å². The van der Waals surface area contributed by atoms with E-state index in [0.717, 1.165) is 12.1 Å². The van der Waals surface area contributed by atoms with Crippen molar-refractivity contribution in [3.63, 3.8) is 0 Å². The number of anilines is 1. The van der Waals surface area contributed by atoms with Crippen LogP contribution >= 0.6 is 0 Å². The van der Waals surface area contributed by atoms with Crippen LogP contribution in [0.5, 0.6) is 0 Å². The predicted molar refractivity (Wildman–Crippen MR) is 90.8 cm³/mol. The minimum Gasteiger partial charge on any atom is -0.352 e. The Kier molecular flexibility index (Phi) is 5.97. The van der Waals surface area contributed by atoms with Gasteiger partial charge in [0.25, 0.3) is 11.8 Å². The molecule has 2 amide bonds. The molecule has 0 aliphatic rings. The van der Waals surface area contributed by atoms with E-state index in [9.17, 15) is 22.8 Å². The third-order valence-corrected chi connectivity index (χ3v) is 3.41. The maximum atomic E-state index is 13.0. The molecule has 0 bridgehead atoms. The predicted octanol–water partition coefficient (Wildman–Crippen LogP) is 3.74. The lowest BCUT2D eigenvalue weighted by atomic mass is 10.1. The molecular weight excluding hydrogens is 347 g/mol. The highest BCUT2D eigenvalue weighted by Crippen LogP contribution is 2.34. The van der Waals surface area contributed by atoms with Gasteiger partial charge in [-0.2, -0.15) is 13.2 Å². The normalized spacial score (nSPS) is 11.3. The number of halogens is 3. The van der Waals surface area contributed by atoms with Crippen molar-refractivity contribution >= 4 is 17.5 Å². The van der Waals surface area contributed by atoms with E-state index in [0.29, 0.717) is 6.54 Å². The SMILES string of the molecule is CC(C)CNC(=O)c1cncc(C(=O)Nc2ccccc2C(F)(F)F)c1. The molecule has 0 saturated carbocycles. The molecule has 2 rings (SSSR count). The number of para-hydroxylation sites is 1. The van der Waals surface area contributed by atoms with Gasteiger partial charge < -0.3 is 10.6 Å². The maximum Gasteiger partial charge on any atom is 0.418 e. The van der Waals surface area contributed by atoms with Gasteiger partial charge in [-0.3, -0.25) is 14.6 Å². The molecule has 1 aromatic carbocycles. The van der Waals surface area contributed by atoms with Gasteiger partial charge in [-0.25, -0.2) is 0 Å². The van der Waals surface area contributed by atoms with Gasteiger partial charge in [-0.15, -0.1) is 0 Å². The first kappa shape index (κ1) is 19.4. The molecule has 8 heteroatoms. The quantitative estimate of drug-likeness (QED) is 0.848. The lowest BCUT2D eigenvalue weighted by Gasteiger charge is -2.13. The van der Waals surface area contributed by atoms with Crippen molar-refractivity contribution in [1.29, 1.82) is 0 Å². The molecular formula is C18H18F3N3O2. The van der Waals surface area contributed by atoms with Crippen LogP contribution in [0, 0.1) is 5.92 Å². The minimum atomic E-state index is -4.60. The number of nitrogens with zero attached hydrogens (tertiary/aromatic N) is 1. The molecule has 138 valence electrons. The Bertz CT molecular complexity index is 804. The van der Waals surface area contributed by atoms with Crippen LogP contribution in [0.2, 0.25) is 0 Å². The summed E-state index contributed by atoms with van der Waals surface area (Å²) < 4.78 is 39.0. The second-order valence-electron chi connectivity index (χ2n) is 6.06. The number of amides is 2. The molecule has 2 aromatic rings. The van der Waals surface area contributed by atoms with Crippen molar-refractivity contribution < 1.29 is 22.8 Å². The molecule has 0 spiro atoms. The molecule has 5 nitrogen and oxygen atoms in total. The number of benzene rings is 1. The lowest BCUT2D eigenvalue weighted by Crippen LogP contribution is -2.27. The summed E-state index contributed by atoms with van der Waals surface area (Å²) in [5.41, 5.74) is -1.17. The zero-order chi connectivity index (χ0) is 19.3. The summed E-state index contributed by atoms with van der Waals surface area (Å²) in [5.74, 6) is -0.943. The van der Waals surface area contributed by atoms with Crippen LogP contribution in [-0.2, 0) is 6.18 Å². The Balaban J connectivity index is 2.19. The van der Waals surface area contributed by atoms with Crippen LogP contribution in [0.1, 0.15) is 40.1 Å². The van der Waals surface area contributed by atoms with Gasteiger partial charge in [-0.1, -0.05) is 26.0 Å². The number of hydrogen-bond donors (Lipinski definition) is 2. The lowest BCUT2D eigenvalue weighted by molar-refractivity contribution is -0.136. The first-order valence-corrected chi connectivity index (χ1v) is 7.89. The van der Waals surface area contributed by atoms with E-state index in [1.807, 2.05) is 13.8 Å². The number of aromatic nitrogens is 1. The summed E-state index contributed by atoms with van der Waals surface area (Å²) in [7, 11) is 0. The van der Waals surface area contributed by atoms with Crippen molar-refractivity contribution in [1.82, 2.24) is 10.3 Å².